The van der Waals surface area contributed by atoms with Crippen molar-refractivity contribution in [1.82, 2.24) is 5.32 Å². The Kier molecular flexibility index (Phi) is 1.18. The van der Waals surface area contributed by atoms with Gasteiger partial charge in [-0.15, -0.1) is 0 Å². The van der Waals surface area contributed by atoms with E-state index < -0.39 is 0 Å². The van der Waals surface area contributed by atoms with E-state index in [-0.39, 0.29) is 11.7 Å². The van der Waals surface area contributed by atoms with E-state index in [0.29, 0.717) is 18.5 Å². The predicted octanol–water partition coefficient (Wildman–Crippen LogP) is 0.289. The fourth-order valence-electron chi connectivity index (χ4n) is 1.30. The van der Waals surface area contributed by atoms with E-state index in [1.54, 1.807) is 0 Å². The van der Waals surface area contributed by atoms with E-state index in [4.69, 9.17) is 0 Å². The van der Waals surface area contributed by atoms with Crippen molar-refractivity contribution in [1.29, 1.82) is 0 Å². The van der Waals surface area contributed by atoms with Gasteiger partial charge in [0, 0.05) is 18.2 Å². The smallest absolute Gasteiger partial charge is 0.228 e. The van der Waals surface area contributed by atoms with Gasteiger partial charge in [-0.25, -0.2) is 0 Å². The second-order valence-corrected chi connectivity index (χ2v) is 2.68. The van der Waals surface area contributed by atoms with Gasteiger partial charge in [0.1, 0.15) is 0 Å². The summed E-state index contributed by atoms with van der Waals surface area (Å²) in [5.41, 5.74) is 1.67. The quantitative estimate of drug-likeness (QED) is 0.538. The highest BCUT2D eigenvalue weighted by Crippen LogP contribution is 2.22. The van der Waals surface area contributed by atoms with Crippen molar-refractivity contribution in [3.63, 3.8) is 0 Å². The first-order valence-electron chi connectivity index (χ1n) is 3.49. The number of fused-ring (bicyclic) bond motifs is 1. The van der Waals surface area contributed by atoms with Crippen LogP contribution in [0.5, 0.6) is 0 Å². The maximum atomic E-state index is 10.8. The van der Waals surface area contributed by atoms with Gasteiger partial charge in [0.05, 0.1) is 6.42 Å². The molecule has 1 saturated heterocycles. The van der Waals surface area contributed by atoms with Crippen LogP contribution in [0.2, 0.25) is 0 Å². The number of rotatable bonds is 0. The summed E-state index contributed by atoms with van der Waals surface area (Å²) in [6, 6.07) is 0. The lowest BCUT2D eigenvalue weighted by Crippen LogP contribution is -2.13. The van der Waals surface area contributed by atoms with Crippen LogP contribution < -0.4 is 5.32 Å². The van der Waals surface area contributed by atoms with Crippen LogP contribution in [0, 0.1) is 0 Å². The molecule has 1 aliphatic heterocycles. The average Bonchev–Trinajstić information content (AvgIpc) is 2.27. The summed E-state index contributed by atoms with van der Waals surface area (Å²) in [7, 11) is 0. The zero-order valence-corrected chi connectivity index (χ0v) is 5.89. The van der Waals surface area contributed by atoms with Crippen molar-refractivity contribution < 1.29 is 9.59 Å². The third-order valence-corrected chi connectivity index (χ3v) is 1.83. The number of nitrogens with one attached hydrogen (secondary N) is 1. The molecule has 1 amide bonds. The van der Waals surface area contributed by atoms with Crippen LogP contribution in [0.25, 0.3) is 0 Å². The second-order valence-electron chi connectivity index (χ2n) is 2.68. The highest BCUT2D eigenvalue weighted by Gasteiger charge is 2.23. The van der Waals surface area contributed by atoms with Gasteiger partial charge in [-0.2, -0.15) is 0 Å². The van der Waals surface area contributed by atoms with Gasteiger partial charge in [0.25, 0.3) is 0 Å². The van der Waals surface area contributed by atoms with E-state index >= 15 is 0 Å². The zero-order chi connectivity index (χ0) is 7.84. The van der Waals surface area contributed by atoms with Gasteiger partial charge < -0.3 is 5.32 Å². The summed E-state index contributed by atoms with van der Waals surface area (Å²) in [6.07, 6.45) is 4.18. The fraction of sp³-hybridized carbons (Fsp3) is 0.250. The minimum absolute atomic E-state index is 0.0165. The lowest BCUT2D eigenvalue weighted by molar-refractivity contribution is -0.118. The molecule has 1 fully saturated rings. The van der Waals surface area contributed by atoms with Gasteiger partial charge in [-0.1, -0.05) is 6.08 Å². The largest absolute Gasteiger partial charge is 0.325 e. The van der Waals surface area contributed by atoms with Crippen LogP contribution in [0.4, 0.5) is 0 Å². The number of hydrogen-bond donors (Lipinski definition) is 1. The summed E-state index contributed by atoms with van der Waals surface area (Å²) in [5.74, 6) is 0.0446. The zero-order valence-electron chi connectivity index (χ0n) is 5.89. The number of carbonyl (C=O) groups is 2. The van der Waals surface area contributed by atoms with Crippen LogP contribution in [-0.4, -0.2) is 11.7 Å². The summed E-state index contributed by atoms with van der Waals surface area (Å²) >= 11 is 0. The summed E-state index contributed by atoms with van der Waals surface area (Å²) in [6.45, 7) is 0. The molecule has 1 N–H and O–H groups in total. The molecule has 0 atom stereocenters. The predicted molar refractivity (Wildman–Crippen MR) is 38.5 cm³/mol. The number of hydrogen-bond acceptors (Lipinski definition) is 2. The SMILES string of the molecule is O=C1C=C2NC(=O)CC2=CC1. The summed E-state index contributed by atoms with van der Waals surface area (Å²) in [5, 5.41) is 2.62. The topological polar surface area (TPSA) is 46.2 Å². The Morgan fingerprint density at radius 1 is 1.36 bits per heavy atom. The number of carbonyl (C=O) groups excluding carboxylic acids is 2. The van der Waals surface area contributed by atoms with Gasteiger partial charge in [-0.3, -0.25) is 9.59 Å². The van der Waals surface area contributed by atoms with E-state index in [2.05, 4.69) is 5.32 Å². The molecule has 0 bridgehead atoms. The molecular weight excluding hydrogens is 142 g/mol. The number of amides is 1. The molecule has 3 nitrogen and oxygen atoms in total. The second kappa shape index (κ2) is 2.05. The molecule has 0 aromatic carbocycles. The normalized spacial score (nSPS) is 22.2. The molecule has 2 rings (SSSR count). The number of ketones is 1. The molecule has 56 valence electrons. The Morgan fingerprint density at radius 2 is 2.18 bits per heavy atom. The van der Waals surface area contributed by atoms with Crippen molar-refractivity contribution in [2.24, 2.45) is 0 Å². The minimum Gasteiger partial charge on any atom is -0.325 e. The molecule has 1 heterocycles. The summed E-state index contributed by atoms with van der Waals surface area (Å²) in [4.78, 5) is 21.7. The number of allylic oxidation sites excluding steroid dienone is 3. The molecule has 0 aromatic rings. The average molecular weight is 149 g/mol. The Hall–Kier alpha value is -1.38. The first kappa shape index (κ1) is 6.34. The van der Waals surface area contributed by atoms with Crippen molar-refractivity contribution >= 4 is 11.7 Å². The molecule has 0 radical (unpaired) electrons. The molecule has 3 heteroatoms. The fourth-order valence-corrected chi connectivity index (χ4v) is 1.30. The van der Waals surface area contributed by atoms with E-state index in [9.17, 15) is 9.59 Å². The van der Waals surface area contributed by atoms with Gasteiger partial charge in [-0.05, 0) is 5.57 Å². The van der Waals surface area contributed by atoms with E-state index in [1.165, 1.54) is 6.08 Å². The first-order valence-corrected chi connectivity index (χ1v) is 3.49. The molecule has 0 aromatic heterocycles. The van der Waals surface area contributed by atoms with Crippen LogP contribution in [0.3, 0.4) is 0 Å². The van der Waals surface area contributed by atoms with Gasteiger partial charge in [0.2, 0.25) is 5.91 Å². The highest BCUT2D eigenvalue weighted by molar-refractivity contribution is 5.98. The van der Waals surface area contributed by atoms with Crippen molar-refractivity contribution in [2.75, 3.05) is 0 Å². The highest BCUT2D eigenvalue weighted by atomic mass is 16.2. The maximum Gasteiger partial charge on any atom is 0.228 e. The molecule has 2 aliphatic rings. The van der Waals surface area contributed by atoms with Crippen LogP contribution >= 0.6 is 0 Å². The van der Waals surface area contributed by atoms with Crippen LogP contribution in [0.1, 0.15) is 12.8 Å². The third-order valence-electron chi connectivity index (χ3n) is 1.83. The Morgan fingerprint density at radius 3 is 3.00 bits per heavy atom. The van der Waals surface area contributed by atoms with E-state index in [0.717, 1.165) is 5.57 Å². The van der Waals surface area contributed by atoms with Crippen molar-refractivity contribution in [3.05, 3.63) is 23.4 Å². The van der Waals surface area contributed by atoms with Crippen molar-refractivity contribution in [3.8, 4) is 0 Å². The van der Waals surface area contributed by atoms with Gasteiger partial charge in [0.15, 0.2) is 5.78 Å². The molecule has 0 spiro atoms. The molecule has 1 aliphatic carbocycles. The Bertz CT molecular complexity index is 299. The van der Waals surface area contributed by atoms with E-state index in [1.807, 2.05) is 6.08 Å². The van der Waals surface area contributed by atoms with Crippen molar-refractivity contribution in [2.45, 2.75) is 12.8 Å². The maximum absolute atomic E-state index is 10.8. The minimum atomic E-state index is -0.0165. The standard InChI is InChI=1S/C8H7NO2/c10-6-2-1-5-3-8(11)9-7(5)4-6/h1,4H,2-3H2,(H,9,11). The Labute approximate surface area is 63.8 Å². The first-order chi connectivity index (χ1) is 5.25. The third kappa shape index (κ3) is 0.981. The molecular formula is C8H7NO2. The van der Waals surface area contributed by atoms with Crippen LogP contribution in [-0.2, 0) is 9.59 Å². The molecule has 11 heavy (non-hydrogen) atoms. The molecule has 0 unspecified atom stereocenters. The summed E-state index contributed by atoms with van der Waals surface area (Å²) < 4.78 is 0. The monoisotopic (exact) mass is 149 g/mol. The lowest BCUT2D eigenvalue weighted by Gasteiger charge is -2.03. The molecule has 0 saturated carbocycles. The van der Waals surface area contributed by atoms with Crippen LogP contribution in [0.15, 0.2) is 23.4 Å². The Balaban J connectivity index is 2.38. The van der Waals surface area contributed by atoms with Gasteiger partial charge >= 0.3 is 0 Å². The lowest BCUT2D eigenvalue weighted by atomic mass is 10.0.